The standard InChI is InChI=1S/C26H31Cl2N5O/c1-15-11-18(6-9-24(15)32-10-4-5-20(32)14-34)23-13-29-25-16(2)31-33(26(25)30-23)17(3)21-8-7-19(27)12-22(21)28/h6-8,12-13,15,17,20,24,34H,4-5,9-11,14H2,1-3H3/t15-,17-,20+,24+/m1/s1. The van der Waals surface area contributed by atoms with Crippen molar-refractivity contribution in [3.05, 3.63) is 57.5 Å². The molecule has 1 fully saturated rings. The Morgan fingerprint density at radius 1 is 1.26 bits per heavy atom. The van der Waals surface area contributed by atoms with Gasteiger partial charge in [-0.3, -0.25) is 4.90 Å². The van der Waals surface area contributed by atoms with Crippen molar-refractivity contribution < 1.29 is 5.11 Å². The average Bonchev–Trinajstić information content (AvgIpc) is 3.42. The van der Waals surface area contributed by atoms with E-state index in [0.717, 1.165) is 53.9 Å². The highest BCUT2D eigenvalue weighted by Crippen LogP contribution is 2.36. The van der Waals surface area contributed by atoms with Crippen molar-refractivity contribution in [1.82, 2.24) is 24.6 Å². The number of nitrogens with zero attached hydrogens (tertiary/aromatic N) is 5. The van der Waals surface area contributed by atoms with Crippen LogP contribution in [-0.2, 0) is 0 Å². The largest absolute Gasteiger partial charge is 0.395 e. The molecular formula is C26H31Cl2N5O. The number of hydrogen-bond donors (Lipinski definition) is 1. The van der Waals surface area contributed by atoms with Crippen molar-refractivity contribution in [3.63, 3.8) is 0 Å². The van der Waals surface area contributed by atoms with Gasteiger partial charge in [0.05, 0.1) is 30.2 Å². The van der Waals surface area contributed by atoms with E-state index in [1.54, 1.807) is 6.07 Å². The van der Waals surface area contributed by atoms with E-state index in [-0.39, 0.29) is 12.6 Å². The minimum Gasteiger partial charge on any atom is -0.395 e. The summed E-state index contributed by atoms with van der Waals surface area (Å²) in [6, 6.07) is 6.22. The number of aryl methyl sites for hydroxylation is 1. The van der Waals surface area contributed by atoms with Gasteiger partial charge in [0.2, 0.25) is 0 Å². The van der Waals surface area contributed by atoms with Crippen molar-refractivity contribution in [3.8, 4) is 0 Å². The second-order valence-corrected chi connectivity index (χ2v) is 10.6. The summed E-state index contributed by atoms with van der Waals surface area (Å²) in [6.45, 7) is 7.67. The molecule has 6 nitrogen and oxygen atoms in total. The normalized spacial score (nSPS) is 24.5. The Morgan fingerprint density at radius 2 is 2.09 bits per heavy atom. The number of halogens is 2. The van der Waals surface area contributed by atoms with Gasteiger partial charge < -0.3 is 5.11 Å². The monoisotopic (exact) mass is 499 g/mol. The smallest absolute Gasteiger partial charge is 0.178 e. The molecule has 8 heteroatoms. The summed E-state index contributed by atoms with van der Waals surface area (Å²) in [5, 5.41) is 15.8. The van der Waals surface area contributed by atoms with Crippen molar-refractivity contribution in [1.29, 1.82) is 0 Å². The van der Waals surface area contributed by atoms with Crippen molar-refractivity contribution >= 4 is 39.9 Å². The lowest BCUT2D eigenvalue weighted by Gasteiger charge is -2.38. The van der Waals surface area contributed by atoms with Crippen LogP contribution in [0.5, 0.6) is 0 Å². The van der Waals surface area contributed by atoms with Gasteiger partial charge in [-0.25, -0.2) is 14.6 Å². The minimum atomic E-state index is -0.111. The van der Waals surface area contributed by atoms with Gasteiger partial charge in [-0.05, 0) is 75.3 Å². The number of allylic oxidation sites excluding steroid dienone is 1. The van der Waals surface area contributed by atoms with Crippen molar-refractivity contribution in [2.24, 2.45) is 5.92 Å². The first-order chi connectivity index (χ1) is 16.4. The van der Waals surface area contributed by atoms with E-state index in [9.17, 15) is 5.11 Å². The Labute approximate surface area is 210 Å². The predicted octanol–water partition coefficient (Wildman–Crippen LogP) is 5.69. The summed E-state index contributed by atoms with van der Waals surface area (Å²) in [7, 11) is 0. The number of fused-ring (bicyclic) bond motifs is 1. The summed E-state index contributed by atoms with van der Waals surface area (Å²) in [4.78, 5) is 12.3. The zero-order valence-corrected chi connectivity index (χ0v) is 21.4. The first-order valence-electron chi connectivity index (χ1n) is 12.1. The lowest BCUT2D eigenvalue weighted by Crippen LogP contribution is -2.45. The number of rotatable bonds is 5. The first kappa shape index (κ1) is 23.7. The second-order valence-electron chi connectivity index (χ2n) is 9.73. The van der Waals surface area contributed by atoms with Crippen molar-refractivity contribution in [2.45, 2.75) is 64.6 Å². The molecule has 0 saturated carbocycles. The Balaban J connectivity index is 1.46. The number of aliphatic hydroxyl groups is 1. The number of aromatic nitrogens is 4. The highest BCUT2D eigenvalue weighted by atomic mass is 35.5. The van der Waals surface area contributed by atoms with E-state index in [2.05, 4.69) is 24.8 Å². The van der Waals surface area contributed by atoms with Crippen LogP contribution < -0.4 is 0 Å². The third kappa shape index (κ3) is 4.26. The molecule has 1 aliphatic carbocycles. The Bertz CT molecular complexity index is 1240. The van der Waals surface area contributed by atoms with Gasteiger partial charge in [0.1, 0.15) is 5.52 Å². The zero-order chi connectivity index (χ0) is 24.0. The number of hydrogen-bond acceptors (Lipinski definition) is 5. The number of aliphatic hydroxyl groups excluding tert-OH is 1. The molecule has 5 rings (SSSR count). The van der Waals surface area contributed by atoms with E-state index in [0.29, 0.717) is 28.0 Å². The molecule has 0 unspecified atom stereocenters. The predicted molar refractivity (Wildman–Crippen MR) is 137 cm³/mol. The highest BCUT2D eigenvalue weighted by Gasteiger charge is 2.35. The zero-order valence-electron chi connectivity index (χ0n) is 19.9. The van der Waals surface area contributed by atoms with Crippen LogP contribution in [0.2, 0.25) is 10.0 Å². The summed E-state index contributed by atoms with van der Waals surface area (Å²) in [6.07, 6.45) is 8.39. The van der Waals surface area contributed by atoms with Crippen LogP contribution in [-0.4, -0.2) is 55.0 Å². The molecule has 0 spiro atoms. The lowest BCUT2D eigenvalue weighted by atomic mass is 9.83. The fourth-order valence-electron chi connectivity index (χ4n) is 5.67. The molecule has 0 bridgehead atoms. The van der Waals surface area contributed by atoms with Crippen LogP contribution in [0.3, 0.4) is 0 Å². The molecule has 1 saturated heterocycles. The molecule has 180 valence electrons. The highest BCUT2D eigenvalue weighted by molar-refractivity contribution is 6.35. The van der Waals surface area contributed by atoms with E-state index in [4.69, 9.17) is 38.3 Å². The van der Waals surface area contributed by atoms with Crippen LogP contribution in [0.4, 0.5) is 0 Å². The first-order valence-corrected chi connectivity index (χ1v) is 12.9. The fraction of sp³-hybridized carbons (Fsp3) is 0.500. The Hall–Kier alpha value is -1.99. The van der Waals surface area contributed by atoms with Gasteiger partial charge in [0.25, 0.3) is 0 Å². The topological polar surface area (TPSA) is 67.1 Å². The van der Waals surface area contributed by atoms with Crippen LogP contribution >= 0.6 is 23.2 Å². The summed E-state index contributed by atoms with van der Waals surface area (Å²) >= 11 is 12.6. The van der Waals surface area contributed by atoms with Crippen LogP contribution in [0, 0.1) is 12.8 Å². The van der Waals surface area contributed by atoms with Crippen LogP contribution in [0.1, 0.15) is 62.5 Å². The Morgan fingerprint density at radius 3 is 2.82 bits per heavy atom. The molecule has 2 aromatic heterocycles. The summed E-state index contributed by atoms with van der Waals surface area (Å²) in [5.74, 6) is 0.489. The molecule has 3 heterocycles. The lowest BCUT2D eigenvalue weighted by molar-refractivity contribution is 0.0910. The SMILES string of the molecule is Cc1nn([C@H](C)c2ccc(Cl)cc2Cl)c2nc(C3=CC[C@H](N4CCC[C@H]4CO)[C@H](C)C3)cnc12. The van der Waals surface area contributed by atoms with Gasteiger partial charge in [-0.2, -0.15) is 5.10 Å². The molecule has 1 N–H and O–H groups in total. The van der Waals surface area contributed by atoms with Gasteiger partial charge >= 0.3 is 0 Å². The maximum absolute atomic E-state index is 9.77. The molecule has 3 aromatic rings. The molecule has 0 radical (unpaired) electrons. The minimum absolute atomic E-state index is 0.111. The molecule has 34 heavy (non-hydrogen) atoms. The third-order valence-corrected chi connectivity index (χ3v) is 8.11. The van der Waals surface area contributed by atoms with Crippen LogP contribution in [0.25, 0.3) is 16.7 Å². The van der Waals surface area contributed by atoms with E-state index in [1.165, 1.54) is 12.0 Å². The Kier molecular flexibility index (Phi) is 6.68. The van der Waals surface area contributed by atoms with Gasteiger partial charge in [0, 0.05) is 22.1 Å². The van der Waals surface area contributed by atoms with Gasteiger partial charge in [0.15, 0.2) is 5.65 Å². The second kappa shape index (κ2) is 9.57. The number of benzene rings is 1. The van der Waals surface area contributed by atoms with Gasteiger partial charge in [-0.1, -0.05) is 42.3 Å². The fourth-order valence-corrected chi connectivity index (χ4v) is 6.24. The molecular weight excluding hydrogens is 469 g/mol. The number of likely N-dealkylation sites (tertiary alicyclic amines) is 1. The molecule has 1 aliphatic heterocycles. The summed E-state index contributed by atoms with van der Waals surface area (Å²) in [5.41, 5.74) is 5.52. The maximum Gasteiger partial charge on any atom is 0.178 e. The third-order valence-electron chi connectivity index (χ3n) is 7.54. The molecule has 0 amide bonds. The van der Waals surface area contributed by atoms with E-state index in [1.807, 2.05) is 29.9 Å². The summed E-state index contributed by atoms with van der Waals surface area (Å²) < 4.78 is 1.92. The molecule has 4 atom stereocenters. The van der Waals surface area contributed by atoms with Crippen LogP contribution in [0.15, 0.2) is 30.5 Å². The van der Waals surface area contributed by atoms with Gasteiger partial charge in [-0.15, -0.1) is 0 Å². The average molecular weight is 500 g/mol. The molecule has 1 aromatic carbocycles. The van der Waals surface area contributed by atoms with Crippen molar-refractivity contribution in [2.75, 3.05) is 13.2 Å². The quantitative estimate of drug-likeness (QED) is 0.488. The molecule has 2 aliphatic rings. The maximum atomic E-state index is 9.77. The van der Waals surface area contributed by atoms with E-state index >= 15 is 0 Å². The van der Waals surface area contributed by atoms with E-state index < -0.39 is 0 Å².